The molecule has 194 valence electrons. The molecule has 35 heavy (non-hydrogen) atoms. The average Bonchev–Trinajstić information content (AvgIpc) is 3.10. The standard InChI is InChI=1S/C29H44N2O4/c1-17(2)25(30)26(33)31-20-9-12-27(3)19(15-20)6-7-23-22(27)10-13-28(4)21(11-14-29(23,28)34)18-5-8-24(32)35-16-18/h5,8,16-17,19-23,25,34H,6-7,9-15,30H2,1-4H3,(H,31,33)/t19-,20+,21-,22?,23?,25-,27+,28-,29+/m1/s1. The predicted molar refractivity (Wildman–Crippen MR) is 136 cm³/mol. The number of hydrogen-bond acceptors (Lipinski definition) is 5. The van der Waals surface area contributed by atoms with Gasteiger partial charge in [-0.25, -0.2) is 4.79 Å². The molecule has 6 nitrogen and oxygen atoms in total. The Morgan fingerprint density at radius 2 is 1.86 bits per heavy atom. The van der Waals surface area contributed by atoms with Gasteiger partial charge in [0, 0.05) is 17.5 Å². The lowest BCUT2D eigenvalue weighted by Crippen LogP contribution is -2.62. The van der Waals surface area contributed by atoms with Crippen LogP contribution in [0.25, 0.3) is 0 Å². The third kappa shape index (κ3) is 3.81. The number of amides is 1. The first-order valence-electron chi connectivity index (χ1n) is 13.9. The summed E-state index contributed by atoms with van der Waals surface area (Å²) in [6.45, 7) is 8.74. The largest absolute Gasteiger partial charge is 0.431 e. The maximum absolute atomic E-state index is 12.6. The van der Waals surface area contributed by atoms with E-state index in [1.807, 2.05) is 19.9 Å². The van der Waals surface area contributed by atoms with E-state index >= 15 is 0 Å². The van der Waals surface area contributed by atoms with Gasteiger partial charge in [0.1, 0.15) is 0 Å². The molecule has 4 saturated carbocycles. The van der Waals surface area contributed by atoms with Crippen LogP contribution in [0.5, 0.6) is 0 Å². The van der Waals surface area contributed by atoms with Crippen molar-refractivity contribution in [3.05, 3.63) is 34.4 Å². The van der Waals surface area contributed by atoms with Crippen LogP contribution in [0.15, 0.2) is 27.6 Å². The highest BCUT2D eigenvalue weighted by Gasteiger charge is 2.67. The number of nitrogens with one attached hydrogen (secondary N) is 1. The summed E-state index contributed by atoms with van der Waals surface area (Å²) in [6, 6.07) is 3.18. The Bertz CT molecular complexity index is 1000. The van der Waals surface area contributed by atoms with Gasteiger partial charge in [-0.15, -0.1) is 0 Å². The molecule has 2 unspecified atom stereocenters. The van der Waals surface area contributed by atoms with Gasteiger partial charge in [-0.1, -0.05) is 27.7 Å². The summed E-state index contributed by atoms with van der Waals surface area (Å²) in [5, 5.41) is 15.6. The average molecular weight is 485 g/mol. The molecule has 0 aromatic carbocycles. The van der Waals surface area contributed by atoms with E-state index in [2.05, 4.69) is 19.2 Å². The van der Waals surface area contributed by atoms with Gasteiger partial charge >= 0.3 is 5.63 Å². The Hall–Kier alpha value is -1.66. The summed E-state index contributed by atoms with van der Waals surface area (Å²) in [7, 11) is 0. The molecule has 1 amide bonds. The summed E-state index contributed by atoms with van der Waals surface area (Å²) in [6.07, 6.45) is 10.8. The molecule has 9 atom stereocenters. The quantitative estimate of drug-likeness (QED) is 0.589. The number of carbonyl (C=O) groups is 1. The highest BCUT2D eigenvalue weighted by atomic mass is 16.4. The molecule has 4 aliphatic carbocycles. The molecule has 6 heteroatoms. The zero-order valence-corrected chi connectivity index (χ0v) is 21.9. The minimum Gasteiger partial charge on any atom is -0.431 e. The third-order valence-corrected chi connectivity index (χ3v) is 11.3. The SMILES string of the molecule is CC(C)[C@@H](N)C(=O)N[C@H]1CC[C@]2(C)C3CC[C@]4(C)[C@@H](c5ccc(=O)oc5)CC[C@]4(O)C3CC[C@@H]2C1. The molecule has 0 spiro atoms. The molecule has 0 aliphatic heterocycles. The van der Waals surface area contributed by atoms with Crippen LogP contribution in [-0.2, 0) is 4.79 Å². The van der Waals surface area contributed by atoms with Crippen molar-refractivity contribution in [2.45, 2.75) is 109 Å². The second kappa shape index (κ2) is 8.72. The lowest BCUT2D eigenvalue weighted by atomic mass is 9.43. The fourth-order valence-electron chi connectivity index (χ4n) is 9.06. The number of rotatable bonds is 4. The second-order valence-electron chi connectivity index (χ2n) is 13.1. The molecule has 0 saturated heterocycles. The first kappa shape index (κ1) is 25.0. The van der Waals surface area contributed by atoms with E-state index in [9.17, 15) is 14.7 Å². The van der Waals surface area contributed by atoms with E-state index < -0.39 is 11.6 Å². The van der Waals surface area contributed by atoms with Crippen LogP contribution in [0.4, 0.5) is 0 Å². The van der Waals surface area contributed by atoms with Crippen LogP contribution in [0.3, 0.4) is 0 Å². The number of fused-ring (bicyclic) bond motifs is 5. The van der Waals surface area contributed by atoms with E-state index in [0.717, 1.165) is 63.4 Å². The molecule has 1 aromatic heterocycles. The summed E-state index contributed by atoms with van der Waals surface area (Å²) >= 11 is 0. The summed E-state index contributed by atoms with van der Waals surface area (Å²) in [5.74, 6) is 1.74. The zero-order valence-electron chi connectivity index (χ0n) is 21.9. The van der Waals surface area contributed by atoms with E-state index in [4.69, 9.17) is 10.2 Å². The van der Waals surface area contributed by atoms with Gasteiger partial charge in [-0.2, -0.15) is 0 Å². The predicted octanol–water partition coefficient (Wildman–Crippen LogP) is 4.35. The zero-order chi connectivity index (χ0) is 25.2. The lowest BCUT2D eigenvalue weighted by Gasteiger charge is -2.63. The molecule has 4 aliphatic rings. The maximum Gasteiger partial charge on any atom is 0.335 e. The monoisotopic (exact) mass is 484 g/mol. The Morgan fingerprint density at radius 3 is 2.54 bits per heavy atom. The molecule has 0 radical (unpaired) electrons. The normalized spacial score (nSPS) is 43.7. The first-order chi connectivity index (χ1) is 16.5. The molecule has 1 aromatic rings. The lowest BCUT2D eigenvalue weighted by molar-refractivity contribution is -0.202. The number of nitrogens with two attached hydrogens (primary N) is 1. The topological polar surface area (TPSA) is 106 Å². The van der Waals surface area contributed by atoms with Crippen molar-refractivity contribution >= 4 is 5.91 Å². The Labute approximate surface area is 209 Å². The highest BCUT2D eigenvalue weighted by Crippen LogP contribution is 2.70. The molecular weight excluding hydrogens is 440 g/mol. The van der Waals surface area contributed by atoms with E-state index in [1.165, 1.54) is 6.07 Å². The van der Waals surface area contributed by atoms with Gasteiger partial charge in [0.05, 0.1) is 17.9 Å². The molecule has 5 rings (SSSR count). The third-order valence-electron chi connectivity index (χ3n) is 11.3. The van der Waals surface area contributed by atoms with Crippen LogP contribution in [0, 0.1) is 34.5 Å². The van der Waals surface area contributed by atoms with E-state index in [1.54, 1.807) is 6.26 Å². The van der Waals surface area contributed by atoms with Crippen molar-refractivity contribution in [3.63, 3.8) is 0 Å². The van der Waals surface area contributed by atoms with Crippen molar-refractivity contribution < 1.29 is 14.3 Å². The Kier molecular flexibility index (Phi) is 6.23. The van der Waals surface area contributed by atoms with Crippen LogP contribution >= 0.6 is 0 Å². The molecule has 1 heterocycles. The van der Waals surface area contributed by atoms with Crippen molar-refractivity contribution in [1.29, 1.82) is 0 Å². The van der Waals surface area contributed by atoms with Crippen molar-refractivity contribution in [2.75, 3.05) is 0 Å². The fraction of sp³-hybridized carbons (Fsp3) is 0.793. The van der Waals surface area contributed by atoms with Crippen LogP contribution < -0.4 is 16.7 Å². The smallest absolute Gasteiger partial charge is 0.335 e. The van der Waals surface area contributed by atoms with Crippen LogP contribution in [0.1, 0.15) is 97.0 Å². The fourth-order valence-corrected chi connectivity index (χ4v) is 9.06. The second-order valence-corrected chi connectivity index (χ2v) is 13.1. The van der Waals surface area contributed by atoms with Crippen LogP contribution in [0.2, 0.25) is 0 Å². The van der Waals surface area contributed by atoms with Crippen LogP contribution in [-0.4, -0.2) is 28.7 Å². The van der Waals surface area contributed by atoms with Crippen molar-refractivity contribution in [2.24, 2.45) is 40.2 Å². The minimum absolute atomic E-state index is 0.0150. The molecule has 0 bridgehead atoms. The molecular formula is C29H44N2O4. The van der Waals surface area contributed by atoms with Crippen molar-refractivity contribution in [1.82, 2.24) is 5.32 Å². The Morgan fingerprint density at radius 1 is 1.09 bits per heavy atom. The summed E-state index contributed by atoms with van der Waals surface area (Å²) in [4.78, 5) is 24.1. The van der Waals surface area contributed by atoms with Gasteiger partial charge in [-0.05, 0) is 104 Å². The minimum atomic E-state index is -0.681. The summed E-state index contributed by atoms with van der Waals surface area (Å²) < 4.78 is 5.21. The van der Waals surface area contributed by atoms with Gasteiger partial charge in [0.15, 0.2) is 0 Å². The number of aliphatic hydroxyl groups is 1. The van der Waals surface area contributed by atoms with Gasteiger partial charge in [0.2, 0.25) is 5.91 Å². The first-order valence-corrected chi connectivity index (χ1v) is 13.9. The highest BCUT2D eigenvalue weighted by molar-refractivity contribution is 5.82. The van der Waals surface area contributed by atoms with Gasteiger partial charge in [0.25, 0.3) is 0 Å². The Balaban J connectivity index is 1.33. The van der Waals surface area contributed by atoms with Crippen molar-refractivity contribution in [3.8, 4) is 0 Å². The maximum atomic E-state index is 12.6. The number of hydrogen-bond donors (Lipinski definition) is 3. The van der Waals surface area contributed by atoms with Gasteiger partial charge < -0.3 is 20.6 Å². The molecule has 4 N–H and O–H groups in total. The van der Waals surface area contributed by atoms with E-state index in [0.29, 0.717) is 17.8 Å². The number of carbonyl (C=O) groups excluding carboxylic acids is 1. The van der Waals surface area contributed by atoms with Gasteiger partial charge in [-0.3, -0.25) is 4.79 Å². The molecule has 4 fully saturated rings. The summed E-state index contributed by atoms with van der Waals surface area (Å²) in [5.41, 5.74) is 6.16. The van der Waals surface area contributed by atoms with E-state index in [-0.39, 0.29) is 40.2 Å².